The van der Waals surface area contributed by atoms with Crippen LogP contribution >= 0.6 is 0 Å². The quantitative estimate of drug-likeness (QED) is 0.756. The lowest BCUT2D eigenvalue weighted by molar-refractivity contribution is -0.126. The van der Waals surface area contributed by atoms with Crippen LogP contribution in [0.5, 0.6) is 0 Å². The number of nitrogens with one attached hydrogen (secondary N) is 2. The van der Waals surface area contributed by atoms with Crippen molar-refractivity contribution in [2.45, 2.75) is 19.0 Å². The Labute approximate surface area is 137 Å². The molecule has 0 fully saturated rings. The first-order valence-corrected chi connectivity index (χ1v) is 7.63. The molecule has 0 spiro atoms. The molecule has 4 rings (SSSR count). The molecule has 0 bridgehead atoms. The van der Waals surface area contributed by atoms with Crippen molar-refractivity contribution < 1.29 is 9.18 Å². The predicted octanol–water partition coefficient (Wildman–Crippen LogP) is 3.60. The van der Waals surface area contributed by atoms with E-state index >= 15 is 0 Å². The van der Waals surface area contributed by atoms with Crippen molar-refractivity contribution in [2.24, 2.45) is 0 Å². The van der Waals surface area contributed by atoms with E-state index in [4.69, 9.17) is 0 Å². The van der Waals surface area contributed by atoms with Gasteiger partial charge in [-0.3, -0.25) is 9.78 Å². The molecule has 120 valence electrons. The minimum Gasteiger partial charge on any atom is -0.339 e. The highest BCUT2D eigenvalue weighted by Gasteiger charge is 2.38. The summed E-state index contributed by atoms with van der Waals surface area (Å²) in [6, 6.07) is 13.0. The molecule has 0 aliphatic carbocycles. The summed E-state index contributed by atoms with van der Waals surface area (Å²) in [5.41, 5.74) is 1.89. The first-order chi connectivity index (χ1) is 11.5. The van der Waals surface area contributed by atoms with E-state index in [-0.39, 0.29) is 6.42 Å². The number of nitrogens with zero attached hydrogens (tertiary/aromatic N) is 2. The number of fused-ring (bicyclic) bond motifs is 2. The van der Waals surface area contributed by atoms with Gasteiger partial charge in [-0.1, -0.05) is 12.1 Å². The molecular formula is C18H15FN4O. The Hall–Kier alpha value is -3.02. The maximum absolute atomic E-state index is 14.2. The molecule has 5 nitrogen and oxygen atoms in total. The number of halogens is 1. The number of para-hydroxylation sites is 2. The second kappa shape index (κ2) is 5.26. The minimum atomic E-state index is -1.89. The molecule has 2 heterocycles. The highest BCUT2D eigenvalue weighted by atomic mass is 19.1. The molecule has 1 aliphatic heterocycles. The van der Waals surface area contributed by atoms with Crippen LogP contribution < -0.4 is 10.6 Å². The van der Waals surface area contributed by atoms with Gasteiger partial charge in [0, 0.05) is 17.8 Å². The fourth-order valence-electron chi connectivity index (χ4n) is 2.80. The molecule has 24 heavy (non-hydrogen) atoms. The standard InChI is InChI=1S/C18H15FN4O/c1-18(19)9-11-8-12(6-7-13(11)23-17(18)24)21-16-10-20-14-4-2-3-5-15(14)22-16/h2-8,10H,9H2,1H3,(H,21,22)(H,23,24). The van der Waals surface area contributed by atoms with E-state index < -0.39 is 11.6 Å². The van der Waals surface area contributed by atoms with Crippen LogP contribution in [-0.2, 0) is 11.2 Å². The average molecular weight is 322 g/mol. The topological polar surface area (TPSA) is 66.9 Å². The zero-order chi connectivity index (χ0) is 16.7. The maximum Gasteiger partial charge on any atom is 0.262 e. The second-order valence-corrected chi connectivity index (χ2v) is 6.07. The molecular weight excluding hydrogens is 307 g/mol. The molecule has 6 heteroatoms. The highest BCUT2D eigenvalue weighted by Crippen LogP contribution is 2.32. The lowest BCUT2D eigenvalue weighted by Gasteiger charge is -2.27. The van der Waals surface area contributed by atoms with Crippen molar-refractivity contribution in [3.63, 3.8) is 0 Å². The molecule has 0 saturated carbocycles. The van der Waals surface area contributed by atoms with Gasteiger partial charge in [-0.25, -0.2) is 9.37 Å². The number of anilines is 3. The first kappa shape index (κ1) is 14.6. The van der Waals surface area contributed by atoms with Crippen molar-refractivity contribution in [3.05, 3.63) is 54.2 Å². The number of aromatic nitrogens is 2. The van der Waals surface area contributed by atoms with E-state index in [2.05, 4.69) is 20.6 Å². The van der Waals surface area contributed by atoms with Crippen LogP contribution in [0.25, 0.3) is 11.0 Å². The van der Waals surface area contributed by atoms with Gasteiger partial charge >= 0.3 is 0 Å². The van der Waals surface area contributed by atoms with Crippen LogP contribution in [-0.4, -0.2) is 21.5 Å². The lowest BCUT2D eigenvalue weighted by atomic mass is 9.92. The van der Waals surface area contributed by atoms with Crippen LogP contribution in [0.2, 0.25) is 0 Å². The molecule has 3 aromatic rings. The zero-order valence-corrected chi connectivity index (χ0v) is 13.0. The fraction of sp³-hybridized carbons (Fsp3) is 0.167. The molecule has 1 aliphatic rings. The van der Waals surface area contributed by atoms with E-state index in [1.807, 2.05) is 36.4 Å². The van der Waals surface area contributed by atoms with Crippen LogP contribution in [0.3, 0.4) is 0 Å². The van der Waals surface area contributed by atoms with E-state index in [0.29, 0.717) is 11.5 Å². The summed E-state index contributed by atoms with van der Waals surface area (Å²) < 4.78 is 14.2. The van der Waals surface area contributed by atoms with Gasteiger partial charge in [0.2, 0.25) is 0 Å². The number of rotatable bonds is 2. The first-order valence-electron chi connectivity index (χ1n) is 7.63. The number of alkyl halides is 1. The smallest absolute Gasteiger partial charge is 0.262 e. The molecule has 1 aromatic heterocycles. The van der Waals surface area contributed by atoms with Crippen molar-refractivity contribution in [1.29, 1.82) is 0 Å². The third-order valence-electron chi connectivity index (χ3n) is 4.07. The summed E-state index contributed by atoms with van der Waals surface area (Å²) >= 11 is 0. The number of carbonyl (C=O) groups excluding carboxylic acids is 1. The summed E-state index contributed by atoms with van der Waals surface area (Å²) in [6.07, 6.45) is 1.70. The van der Waals surface area contributed by atoms with Gasteiger partial charge in [-0.2, -0.15) is 0 Å². The largest absolute Gasteiger partial charge is 0.339 e. The van der Waals surface area contributed by atoms with Gasteiger partial charge < -0.3 is 10.6 Å². The highest BCUT2D eigenvalue weighted by molar-refractivity contribution is 6.00. The van der Waals surface area contributed by atoms with Gasteiger partial charge in [0.25, 0.3) is 5.91 Å². The lowest BCUT2D eigenvalue weighted by Crippen LogP contribution is -2.41. The summed E-state index contributed by atoms with van der Waals surface area (Å²) in [4.78, 5) is 20.5. The van der Waals surface area contributed by atoms with Gasteiger partial charge in [0.1, 0.15) is 5.82 Å². The van der Waals surface area contributed by atoms with Crippen LogP contribution in [0.15, 0.2) is 48.7 Å². The summed E-state index contributed by atoms with van der Waals surface area (Å²) in [5.74, 6) is 0.00705. The van der Waals surface area contributed by atoms with E-state index in [0.717, 1.165) is 22.3 Å². The van der Waals surface area contributed by atoms with E-state index in [1.54, 1.807) is 12.3 Å². The van der Waals surface area contributed by atoms with Crippen molar-refractivity contribution >= 4 is 34.1 Å². The molecule has 0 saturated heterocycles. The predicted molar refractivity (Wildman–Crippen MR) is 91.1 cm³/mol. The monoisotopic (exact) mass is 322 g/mol. The fourth-order valence-corrected chi connectivity index (χ4v) is 2.80. The Morgan fingerprint density at radius 3 is 2.83 bits per heavy atom. The van der Waals surface area contributed by atoms with E-state index in [1.165, 1.54) is 6.92 Å². The maximum atomic E-state index is 14.2. The minimum absolute atomic E-state index is 0.0487. The Morgan fingerprint density at radius 1 is 1.21 bits per heavy atom. The molecule has 0 radical (unpaired) electrons. The summed E-state index contributed by atoms with van der Waals surface area (Å²) in [7, 11) is 0. The van der Waals surface area contributed by atoms with Gasteiger partial charge in [0.15, 0.2) is 5.67 Å². The van der Waals surface area contributed by atoms with Crippen LogP contribution in [0.1, 0.15) is 12.5 Å². The van der Waals surface area contributed by atoms with Crippen LogP contribution in [0.4, 0.5) is 21.6 Å². The number of hydrogen-bond acceptors (Lipinski definition) is 4. The van der Waals surface area contributed by atoms with Crippen molar-refractivity contribution in [1.82, 2.24) is 9.97 Å². The average Bonchev–Trinajstić information content (AvgIpc) is 2.56. The number of hydrogen-bond donors (Lipinski definition) is 2. The molecule has 2 aromatic carbocycles. The molecule has 2 N–H and O–H groups in total. The Kier molecular flexibility index (Phi) is 3.19. The summed E-state index contributed by atoms with van der Waals surface area (Å²) in [6.45, 7) is 1.29. The van der Waals surface area contributed by atoms with Crippen molar-refractivity contribution in [3.8, 4) is 0 Å². The van der Waals surface area contributed by atoms with Gasteiger partial charge in [-0.15, -0.1) is 0 Å². The SMILES string of the molecule is CC1(F)Cc2cc(Nc3cnc4ccccc4n3)ccc2NC1=O. The Morgan fingerprint density at radius 2 is 2.00 bits per heavy atom. The normalized spacial score (nSPS) is 19.7. The summed E-state index contributed by atoms with van der Waals surface area (Å²) in [5, 5.41) is 5.77. The third kappa shape index (κ3) is 2.56. The number of amides is 1. The van der Waals surface area contributed by atoms with E-state index in [9.17, 15) is 9.18 Å². The number of benzene rings is 2. The zero-order valence-electron chi connectivity index (χ0n) is 13.0. The third-order valence-corrected chi connectivity index (χ3v) is 4.07. The molecule has 1 atom stereocenters. The Bertz CT molecular complexity index is 955. The van der Waals surface area contributed by atoms with Crippen LogP contribution in [0, 0.1) is 0 Å². The second-order valence-electron chi connectivity index (χ2n) is 6.07. The molecule has 1 unspecified atom stereocenters. The van der Waals surface area contributed by atoms with Gasteiger partial charge in [-0.05, 0) is 42.8 Å². The van der Waals surface area contributed by atoms with Gasteiger partial charge in [0.05, 0.1) is 17.2 Å². The molecule has 1 amide bonds. The number of carbonyl (C=O) groups is 1. The Balaban J connectivity index is 1.64. The van der Waals surface area contributed by atoms with Crippen molar-refractivity contribution in [2.75, 3.05) is 10.6 Å².